The minimum absolute atomic E-state index is 0.128. The quantitative estimate of drug-likeness (QED) is 0.596. The summed E-state index contributed by atoms with van der Waals surface area (Å²) in [5.74, 6) is 0.551. The molecule has 2 nitrogen and oxygen atoms in total. The lowest BCUT2D eigenvalue weighted by atomic mass is 9.70. The molecule has 0 heterocycles. The highest BCUT2D eigenvalue weighted by Crippen LogP contribution is 2.01. The molecule has 0 aliphatic rings. The van der Waals surface area contributed by atoms with E-state index in [2.05, 4.69) is 24.3 Å². The van der Waals surface area contributed by atoms with E-state index in [0.717, 1.165) is 19.2 Å². The summed E-state index contributed by atoms with van der Waals surface area (Å²) in [5, 5.41) is 12.2. The number of benzene rings is 1. The molecule has 0 saturated heterocycles. The molecule has 0 fully saturated rings. The maximum Gasteiger partial charge on any atom is 0.304 e. The molecular formula is C10H17B2NO. The largest absolute Gasteiger partial charge is 0.449 e. The van der Waals surface area contributed by atoms with Gasteiger partial charge in [-0.15, -0.1) is 0 Å². The summed E-state index contributed by atoms with van der Waals surface area (Å²) in [6.07, 6.45) is 1.05. The van der Waals surface area contributed by atoms with Crippen LogP contribution in [0, 0.1) is 0 Å². The van der Waals surface area contributed by atoms with Crippen LogP contribution in [0.3, 0.4) is 0 Å². The molecule has 4 heteroatoms. The van der Waals surface area contributed by atoms with Gasteiger partial charge in [-0.3, -0.25) is 0 Å². The summed E-state index contributed by atoms with van der Waals surface area (Å²) in [7, 11) is 3.26. The van der Waals surface area contributed by atoms with Crippen LogP contribution < -0.4 is 10.8 Å². The second-order valence-corrected chi connectivity index (χ2v) is 3.57. The van der Waals surface area contributed by atoms with Gasteiger partial charge in [0.25, 0.3) is 0 Å². The van der Waals surface area contributed by atoms with Crippen molar-refractivity contribution in [2.24, 2.45) is 0 Å². The van der Waals surface area contributed by atoms with Crippen molar-refractivity contribution in [1.82, 2.24) is 5.32 Å². The topological polar surface area (TPSA) is 32.3 Å². The van der Waals surface area contributed by atoms with Gasteiger partial charge in [0.05, 0.1) is 0 Å². The van der Waals surface area contributed by atoms with Gasteiger partial charge in [0.1, 0.15) is 7.28 Å². The predicted octanol–water partition coefficient (Wildman–Crippen LogP) is -0.772. The van der Waals surface area contributed by atoms with Crippen molar-refractivity contribution in [3.63, 3.8) is 0 Å². The number of hydrogen-bond acceptors (Lipinski definition) is 2. The Balaban J connectivity index is 2.58. The standard InChI is InChI=1S/C10H17B2NO/c1-11-10(13-2)7-8-3-5-9(12-14)6-4-8/h3-6,10-14H,7H2,1-2H3/t10-/m0/s1. The third-order valence-corrected chi connectivity index (χ3v) is 2.59. The minimum Gasteiger partial charge on any atom is -0.449 e. The summed E-state index contributed by atoms with van der Waals surface area (Å²) in [6, 6.07) is 8.15. The minimum atomic E-state index is 0.128. The van der Waals surface area contributed by atoms with E-state index < -0.39 is 0 Å². The maximum absolute atomic E-state index is 8.89. The zero-order valence-corrected chi connectivity index (χ0v) is 8.96. The summed E-state index contributed by atoms with van der Waals surface area (Å²) < 4.78 is 0. The highest BCUT2D eigenvalue weighted by Gasteiger charge is 2.05. The molecule has 0 bridgehead atoms. The fourth-order valence-electron chi connectivity index (χ4n) is 1.52. The normalized spacial score (nSPS) is 12.2. The van der Waals surface area contributed by atoms with E-state index in [1.165, 1.54) is 5.56 Å². The maximum atomic E-state index is 8.89. The molecular weight excluding hydrogens is 172 g/mol. The van der Waals surface area contributed by atoms with Gasteiger partial charge in [0.2, 0.25) is 0 Å². The van der Waals surface area contributed by atoms with Crippen LogP contribution in [0.2, 0.25) is 6.82 Å². The number of nitrogens with one attached hydrogen (secondary N) is 1. The van der Waals surface area contributed by atoms with E-state index >= 15 is 0 Å². The molecule has 0 amide bonds. The van der Waals surface area contributed by atoms with E-state index in [4.69, 9.17) is 5.02 Å². The Labute approximate surface area is 87.2 Å². The average Bonchev–Trinajstić information content (AvgIpc) is 2.26. The van der Waals surface area contributed by atoms with Crippen molar-refractivity contribution in [3.8, 4) is 0 Å². The molecule has 0 radical (unpaired) electrons. The SMILES string of the molecule is CB[C@H](Cc1ccc(BO)cc1)NC. The van der Waals surface area contributed by atoms with Crippen molar-refractivity contribution < 1.29 is 5.02 Å². The lowest BCUT2D eigenvalue weighted by Crippen LogP contribution is -2.32. The van der Waals surface area contributed by atoms with Crippen LogP contribution >= 0.6 is 0 Å². The highest BCUT2D eigenvalue weighted by molar-refractivity contribution is 6.45. The summed E-state index contributed by atoms with van der Waals surface area (Å²) in [6.45, 7) is 2.18. The van der Waals surface area contributed by atoms with Gasteiger partial charge in [-0.1, -0.05) is 36.6 Å². The first-order valence-electron chi connectivity index (χ1n) is 5.16. The van der Waals surface area contributed by atoms with Gasteiger partial charge in [-0.2, -0.15) is 0 Å². The molecule has 1 rings (SSSR count). The molecule has 0 unspecified atom stereocenters. The van der Waals surface area contributed by atoms with Crippen molar-refractivity contribution in [2.75, 3.05) is 7.05 Å². The van der Waals surface area contributed by atoms with Crippen molar-refractivity contribution in [1.29, 1.82) is 0 Å². The smallest absolute Gasteiger partial charge is 0.304 e. The summed E-state index contributed by atoms with van der Waals surface area (Å²) in [4.78, 5) is 0. The molecule has 1 atom stereocenters. The molecule has 2 N–H and O–H groups in total. The Morgan fingerprint density at radius 1 is 1.36 bits per heavy atom. The van der Waals surface area contributed by atoms with Gasteiger partial charge >= 0.3 is 7.48 Å². The Kier molecular flexibility index (Phi) is 4.77. The fraction of sp³-hybridized carbons (Fsp3) is 0.400. The van der Waals surface area contributed by atoms with Gasteiger partial charge in [0.15, 0.2) is 0 Å². The van der Waals surface area contributed by atoms with E-state index in [-0.39, 0.29) is 7.48 Å². The molecule has 0 aliphatic carbocycles. The zero-order chi connectivity index (χ0) is 10.4. The first-order valence-corrected chi connectivity index (χ1v) is 5.16. The molecule has 1 aromatic carbocycles. The van der Waals surface area contributed by atoms with Gasteiger partial charge in [0, 0.05) is 0 Å². The lowest BCUT2D eigenvalue weighted by molar-refractivity contribution is 0.615. The van der Waals surface area contributed by atoms with Crippen molar-refractivity contribution in [3.05, 3.63) is 29.8 Å². The third-order valence-electron chi connectivity index (χ3n) is 2.59. The Morgan fingerprint density at radius 3 is 2.43 bits per heavy atom. The Hall–Kier alpha value is -0.730. The lowest BCUT2D eigenvalue weighted by Gasteiger charge is -2.12. The molecule has 0 saturated carbocycles. The summed E-state index contributed by atoms with van der Waals surface area (Å²) >= 11 is 0. The monoisotopic (exact) mass is 189 g/mol. The predicted molar refractivity (Wildman–Crippen MR) is 65.0 cm³/mol. The van der Waals surface area contributed by atoms with Crippen LogP contribution in [0.25, 0.3) is 0 Å². The van der Waals surface area contributed by atoms with Crippen LogP contribution in [-0.4, -0.2) is 32.8 Å². The Bertz CT molecular complexity index is 259. The van der Waals surface area contributed by atoms with E-state index in [1.54, 1.807) is 0 Å². The van der Waals surface area contributed by atoms with Gasteiger partial charge in [-0.25, -0.2) is 0 Å². The van der Waals surface area contributed by atoms with E-state index in [0.29, 0.717) is 5.94 Å². The third kappa shape index (κ3) is 3.20. The molecule has 0 aliphatic heterocycles. The zero-order valence-electron chi connectivity index (χ0n) is 8.96. The van der Waals surface area contributed by atoms with Crippen LogP contribution in [0.1, 0.15) is 5.56 Å². The van der Waals surface area contributed by atoms with E-state index in [1.807, 2.05) is 19.2 Å². The Morgan fingerprint density at radius 2 is 2.00 bits per heavy atom. The summed E-state index contributed by atoms with van der Waals surface area (Å²) in [5.41, 5.74) is 2.30. The second kappa shape index (κ2) is 5.89. The van der Waals surface area contributed by atoms with Crippen LogP contribution in [0.4, 0.5) is 0 Å². The number of hydrogen-bond donors (Lipinski definition) is 2. The number of likely N-dealkylation sites (N-methyl/N-ethyl adjacent to an activating group) is 1. The second-order valence-electron chi connectivity index (χ2n) is 3.57. The molecule has 14 heavy (non-hydrogen) atoms. The van der Waals surface area contributed by atoms with Crippen LogP contribution in [0.15, 0.2) is 24.3 Å². The highest BCUT2D eigenvalue weighted by atomic mass is 16.2. The fourth-order valence-corrected chi connectivity index (χ4v) is 1.52. The van der Waals surface area contributed by atoms with Crippen molar-refractivity contribution in [2.45, 2.75) is 19.2 Å². The average molecular weight is 189 g/mol. The molecule has 0 spiro atoms. The van der Waals surface area contributed by atoms with Crippen LogP contribution in [0.5, 0.6) is 0 Å². The molecule has 1 aromatic rings. The van der Waals surface area contributed by atoms with Gasteiger partial charge in [-0.05, 0) is 25.0 Å². The van der Waals surface area contributed by atoms with Gasteiger partial charge < -0.3 is 10.3 Å². The first kappa shape index (κ1) is 11.3. The van der Waals surface area contributed by atoms with E-state index in [9.17, 15) is 0 Å². The van der Waals surface area contributed by atoms with Crippen LogP contribution in [-0.2, 0) is 6.42 Å². The molecule has 0 aromatic heterocycles. The first-order chi connectivity index (χ1) is 6.80. The number of rotatable bonds is 5. The van der Waals surface area contributed by atoms with Crippen molar-refractivity contribution >= 4 is 20.2 Å². The molecule has 74 valence electrons.